The molecule has 1 fully saturated rings. The summed E-state index contributed by atoms with van der Waals surface area (Å²) in [4.78, 5) is 23.0. The van der Waals surface area contributed by atoms with Gasteiger partial charge in [-0.3, -0.25) is 4.99 Å². The van der Waals surface area contributed by atoms with Crippen molar-refractivity contribution in [3.8, 4) is 11.5 Å². The summed E-state index contributed by atoms with van der Waals surface area (Å²) in [6, 6.07) is 19.4. The fourth-order valence-corrected chi connectivity index (χ4v) is 1.39. The Morgan fingerprint density at radius 2 is 1.07 bits per heavy atom. The van der Waals surface area contributed by atoms with Crippen LogP contribution in [-0.2, 0) is 14.2 Å². The van der Waals surface area contributed by atoms with E-state index in [4.69, 9.17) is 24.8 Å². The van der Waals surface area contributed by atoms with Crippen LogP contribution in [0.4, 0.5) is 9.59 Å². The van der Waals surface area contributed by atoms with E-state index < -0.39 is 12.2 Å². The number of epoxide rings is 1. The highest BCUT2D eigenvalue weighted by molar-refractivity contribution is 5.66. The van der Waals surface area contributed by atoms with Crippen LogP contribution >= 0.6 is 0 Å². The van der Waals surface area contributed by atoms with Gasteiger partial charge in [0.05, 0.1) is 54.8 Å². The SMILES string of the molecule is C.C1CO1.C=NCCO.CNC(=O)OC.CNC(=O)OC.CO.CO.COc1ccccc1.COc1ccccc1. The standard InChI is InChI=1S/2C7H8O.2C3H7NO2.C3H7NO.C2H4O.2CH4O.CH4/c2*1-8-7-5-3-2-4-6-7;2*1-4-3(5)6-2;1-4-2-3-5;1-2-3-1;2*1-2;/h2*2-6H,1H3;2*1-2H3,(H,4,5);5H,1-3H2;1-2H2;2*2H,1H3;1H4. The lowest BCUT2D eigenvalue weighted by molar-refractivity contribution is 0.172. The third-order valence-electron chi connectivity index (χ3n) is 3.20. The average Bonchev–Trinajstić information content (AvgIpc) is 3.95. The molecule has 1 aliphatic heterocycles. The van der Waals surface area contributed by atoms with Crippen LogP contribution in [0.3, 0.4) is 0 Å². The minimum absolute atomic E-state index is 0. The van der Waals surface area contributed by atoms with Crippen LogP contribution in [0, 0.1) is 0 Å². The number of ether oxygens (including phenoxy) is 5. The van der Waals surface area contributed by atoms with Gasteiger partial charge in [-0.1, -0.05) is 43.8 Å². The Balaban J connectivity index is -0.0000000885. The Bertz CT molecular complexity index is 668. The van der Waals surface area contributed by atoms with Gasteiger partial charge in [-0.15, -0.1) is 0 Å². The van der Waals surface area contributed by atoms with E-state index in [9.17, 15) is 9.59 Å². The first kappa shape index (κ1) is 50.0. The van der Waals surface area contributed by atoms with Crippen LogP contribution < -0.4 is 20.1 Å². The second-order valence-corrected chi connectivity index (χ2v) is 5.80. The Kier molecular flexibility index (Phi) is 59.8. The van der Waals surface area contributed by atoms with Gasteiger partial charge < -0.3 is 49.6 Å². The molecule has 0 radical (unpaired) electrons. The Morgan fingerprint density at radius 3 is 1.15 bits per heavy atom. The van der Waals surface area contributed by atoms with Crippen LogP contribution in [0.1, 0.15) is 7.43 Å². The summed E-state index contributed by atoms with van der Waals surface area (Å²) in [7, 11) is 11.0. The van der Waals surface area contributed by atoms with Crippen molar-refractivity contribution >= 4 is 18.9 Å². The molecule has 2 aromatic carbocycles. The van der Waals surface area contributed by atoms with Gasteiger partial charge in [0.1, 0.15) is 11.5 Å². The summed E-state index contributed by atoms with van der Waals surface area (Å²) >= 11 is 0. The fourth-order valence-electron chi connectivity index (χ4n) is 1.39. The molecule has 3 rings (SSSR count). The predicted molar refractivity (Wildman–Crippen MR) is 164 cm³/mol. The molecular weight excluding hydrogens is 538 g/mol. The highest BCUT2D eigenvalue weighted by Crippen LogP contribution is 2.06. The lowest BCUT2D eigenvalue weighted by Crippen LogP contribution is -2.16. The summed E-state index contributed by atoms with van der Waals surface area (Å²) in [5.41, 5.74) is 0. The predicted octanol–water partition coefficient (Wildman–Crippen LogP) is 2.88. The van der Waals surface area contributed by atoms with E-state index in [0.29, 0.717) is 6.54 Å². The minimum atomic E-state index is -0.407. The third-order valence-corrected chi connectivity index (χ3v) is 3.20. The number of nitrogens with one attached hydrogen (secondary N) is 2. The number of para-hydroxylation sites is 2. The van der Waals surface area contributed by atoms with Crippen molar-refractivity contribution in [2.75, 3.05) is 83.1 Å². The maximum absolute atomic E-state index is 9.85. The number of carbonyl (C=O) groups is 2. The minimum Gasteiger partial charge on any atom is -0.497 e. The Morgan fingerprint density at radius 1 is 0.780 bits per heavy atom. The molecule has 13 nitrogen and oxygen atoms in total. The first-order valence-electron chi connectivity index (χ1n) is 11.6. The van der Waals surface area contributed by atoms with Crippen LogP contribution in [0.25, 0.3) is 0 Å². The maximum atomic E-state index is 9.85. The quantitative estimate of drug-likeness (QED) is 0.262. The number of carbonyl (C=O) groups excluding carboxylic acids is 2. The van der Waals surface area contributed by atoms with Crippen LogP contribution in [0.2, 0.25) is 0 Å². The van der Waals surface area contributed by atoms with E-state index in [0.717, 1.165) is 38.9 Å². The summed E-state index contributed by atoms with van der Waals surface area (Å²) in [6.45, 7) is 5.71. The van der Waals surface area contributed by atoms with Crippen molar-refractivity contribution in [2.45, 2.75) is 7.43 Å². The number of rotatable bonds is 4. The molecule has 0 aliphatic carbocycles. The first-order valence-corrected chi connectivity index (χ1v) is 11.6. The van der Waals surface area contributed by atoms with Crippen molar-refractivity contribution in [1.29, 1.82) is 0 Å². The number of hydrogen-bond donors (Lipinski definition) is 5. The molecule has 0 aromatic heterocycles. The summed E-state index contributed by atoms with van der Waals surface area (Å²) in [6.07, 6.45) is -0.815. The molecule has 1 heterocycles. The van der Waals surface area contributed by atoms with Crippen molar-refractivity contribution in [3.63, 3.8) is 0 Å². The summed E-state index contributed by atoms with van der Waals surface area (Å²) in [5, 5.41) is 26.4. The number of aliphatic hydroxyl groups is 3. The smallest absolute Gasteiger partial charge is 0.406 e. The highest BCUT2D eigenvalue weighted by atomic mass is 16.6. The monoisotopic (exact) mass is 591 g/mol. The van der Waals surface area contributed by atoms with Gasteiger partial charge in [-0.05, 0) is 31.0 Å². The number of aliphatic imine (C=N–C) groups is 1. The lowest BCUT2D eigenvalue weighted by Gasteiger charge is -1.93. The molecular formula is C28H53N3O10. The van der Waals surface area contributed by atoms with Gasteiger partial charge in [0.25, 0.3) is 0 Å². The zero-order valence-electron chi connectivity index (χ0n) is 25.0. The largest absolute Gasteiger partial charge is 0.497 e. The average molecular weight is 592 g/mol. The highest BCUT2D eigenvalue weighted by Gasteiger charge is 1.94. The Labute approximate surface area is 246 Å². The Hall–Kier alpha value is -3.91. The molecule has 0 unspecified atom stereocenters. The zero-order chi connectivity index (χ0) is 31.9. The van der Waals surface area contributed by atoms with Gasteiger partial charge in [-0.25, -0.2) is 9.59 Å². The number of benzene rings is 2. The zero-order valence-corrected chi connectivity index (χ0v) is 25.0. The molecule has 5 N–H and O–H groups in total. The van der Waals surface area contributed by atoms with Gasteiger partial charge in [-0.2, -0.15) is 0 Å². The molecule has 0 bridgehead atoms. The molecule has 41 heavy (non-hydrogen) atoms. The van der Waals surface area contributed by atoms with Gasteiger partial charge >= 0.3 is 12.2 Å². The molecule has 0 atom stereocenters. The van der Waals surface area contributed by atoms with Crippen LogP contribution in [0.5, 0.6) is 11.5 Å². The second kappa shape index (κ2) is 49.1. The lowest BCUT2D eigenvalue weighted by atomic mass is 10.3. The molecule has 13 heteroatoms. The molecule has 1 aliphatic rings. The van der Waals surface area contributed by atoms with E-state index in [-0.39, 0.29) is 14.0 Å². The molecule has 0 spiro atoms. The van der Waals surface area contributed by atoms with E-state index in [1.807, 2.05) is 60.7 Å². The summed E-state index contributed by atoms with van der Waals surface area (Å²) in [5.74, 6) is 1.82. The number of nitrogens with zero attached hydrogens (tertiary/aromatic N) is 1. The van der Waals surface area contributed by atoms with E-state index in [1.54, 1.807) is 14.2 Å². The van der Waals surface area contributed by atoms with E-state index in [1.165, 1.54) is 28.3 Å². The normalized spacial score (nSPS) is 8.37. The fraction of sp³-hybridized carbons (Fsp3) is 0.464. The van der Waals surface area contributed by atoms with Crippen LogP contribution in [0.15, 0.2) is 65.7 Å². The number of alkyl carbamates (subject to hydrolysis) is 2. The van der Waals surface area contributed by atoms with Crippen molar-refractivity contribution in [2.24, 2.45) is 4.99 Å². The topological polar surface area (TPSA) is 181 Å². The van der Waals surface area contributed by atoms with E-state index in [2.05, 4.69) is 36.6 Å². The number of hydrogen-bond acceptors (Lipinski definition) is 11. The summed E-state index contributed by atoms with van der Waals surface area (Å²) < 4.78 is 22.6. The second-order valence-electron chi connectivity index (χ2n) is 5.80. The van der Waals surface area contributed by atoms with Crippen molar-refractivity contribution < 1.29 is 48.6 Å². The van der Waals surface area contributed by atoms with Gasteiger partial charge in [0, 0.05) is 28.3 Å². The molecule has 2 amide bonds. The van der Waals surface area contributed by atoms with Crippen molar-refractivity contribution in [1.82, 2.24) is 10.6 Å². The van der Waals surface area contributed by atoms with Crippen molar-refractivity contribution in [3.05, 3.63) is 60.7 Å². The van der Waals surface area contributed by atoms with Gasteiger partial charge in [0.2, 0.25) is 0 Å². The number of amides is 2. The number of aliphatic hydroxyl groups excluding tert-OH is 3. The molecule has 240 valence electrons. The molecule has 1 saturated heterocycles. The van der Waals surface area contributed by atoms with Crippen LogP contribution in [-0.4, -0.2) is 117 Å². The third kappa shape index (κ3) is 57.2. The maximum Gasteiger partial charge on any atom is 0.406 e. The van der Waals surface area contributed by atoms with Gasteiger partial charge in [0.15, 0.2) is 0 Å². The van der Waals surface area contributed by atoms with E-state index >= 15 is 0 Å². The first-order chi connectivity index (χ1) is 19.4. The number of methoxy groups -OCH3 is 4. The molecule has 0 saturated carbocycles. The molecule has 2 aromatic rings.